The van der Waals surface area contributed by atoms with Gasteiger partial charge in [0.15, 0.2) is 5.17 Å². The topological polar surface area (TPSA) is 42.2 Å². The molecule has 2 heterocycles. The van der Waals surface area contributed by atoms with Crippen molar-refractivity contribution in [2.75, 3.05) is 13.1 Å². The highest BCUT2D eigenvalue weighted by Gasteiger charge is 2.08. The maximum Gasteiger partial charge on any atom is 0.156 e. The van der Waals surface area contributed by atoms with Crippen molar-refractivity contribution in [1.82, 2.24) is 14.9 Å². The summed E-state index contributed by atoms with van der Waals surface area (Å²) >= 11 is 1.77. The van der Waals surface area contributed by atoms with E-state index in [0.29, 0.717) is 0 Å². The number of rotatable bonds is 3. The molecule has 1 N–H and O–H groups in total. The molecule has 106 valence electrons. The van der Waals surface area contributed by atoms with Gasteiger partial charge in [-0.15, -0.1) is 17.0 Å². The Kier molecular flexibility index (Phi) is 5.67. The second-order valence-corrected chi connectivity index (χ2v) is 5.32. The lowest BCUT2D eigenvalue weighted by Crippen LogP contribution is -2.26. The van der Waals surface area contributed by atoms with Crippen LogP contribution < -0.4 is 5.32 Å². The van der Waals surface area contributed by atoms with Crippen LogP contribution in [0.2, 0.25) is 0 Å². The lowest BCUT2D eigenvalue weighted by molar-refractivity contribution is 0.751. The molecule has 0 saturated heterocycles. The van der Waals surface area contributed by atoms with Crippen LogP contribution in [0.4, 0.5) is 0 Å². The molecule has 1 aromatic heterocycles. The average Bonchev–Trinajstić information content (AvgIpc) is 3.01. The molecule has 20 heavy (non-hydrogen) atoms. The van der Waals surface area contributed by atoms with Gasteiger partial charge >= 0.3 is 0 Å². The van der Waals surface area contributed by atoms with Crippen molar-refractivity contribution in [2.45, 2.75) is 12.2 Å². The largest absolute Gasteiger partial charge is 0.365 e. The summed E-state index contributed by atoms with van der Waals surface area (Å²) in [5.41, 5.74) is 2.48. The van der Waals surface area contributed by atoms with E-state index in [2.05, 4.69) is 39.6 Å². The van der Waals surface area contributed by atoms with Gasteiger partial charge in [0.25, 0.3) is 0 Å². The number of halogens is 1. The fraction of sp³-hybridized carbons (Fsp3) is 0.286. The SMILES string of the molecule is Br.c1ccc(-n2ccnc2)c(CSC2=NCCCN2)c1. The van der Waals surface area contributed by atoms with Crippen LogP contribution in [0.15, 0.2) is 48.0 Å². The molecule has 6 heteroatoms. The highest BCUT2D eigenvalue weighted by molar-refractivity contribution is 8.93. The smallest absolute Gasteiger partial charge is 0.156 e. The maximum atomic E-state index is 4.49. The number of aliphatic imine (C=N–C) groups is 1. The molecular weight excluding hydrogens is 336 g/mol. The number of amidine groups is 1. The van der Waals surface area contributed by atoms with E-state index in [0.717, 1.165) is 30.4 Å². The number of hydrogen-bond donors (Lipinski definition) is 1. The van der Waals surface area contributed by atoms with Crippen molar-refractivity contribution < 1.29 is 0 Å². The Balaban J connectivity index is 0.00000147. The van der Waals surface area contributed by atoms with Crippen LogP contribution >= 0.6 is 28.7 Å². The number of para-hydroxylation sites is 1. The number of aromatic nitrogens is 2. The van der Waals surface area contributed by atoms with Crippen molar-refractivity contribution in [1.29, 1.82) is 0 Å². The first-order chi connectivity index (χ1) is 9.43. The molecule has 0 radical (unpaired) electrons. The minimum Gasteiger partial charge on any atom is -0.365 e. The summed E-state index contributed by atoms with van der Waals surface area (Å²) < 4.78 is 2.05. The molecule has 1 aliphatic rings. The Labute approximate surface area is 133 Å². The minimum absolute atomic E-state index is 0. The number of nitrogens with one attached hydrogen (secondary N) is 1. The number of hydrogen-bond acceptors (Lipinski definition) is 4. The van der Waals surface area contributed by atoms with Gasteiger partial charge in [0.1, 0.15) is 0 Å². The van der Waals surface area contributed by atoms with Crippen molar-refractivity contribution in [3.8, 4) is 5.69 Å². The van der Waals surface area contributed by atoms with Crippen molar-refractivity contribution in [3.63, 3.8) is 0 Å². The zero-order valence-electron chi connectivity index (χ0n) is 11.0. The summed E-state index contributed by atoms with van der Waals surface area (Å²) in [5.74, 6) is 0.917. The Bertz CT molecular complexity index is 568. The van der Waals surface area contributed by atoms with Gasteiger partial charge in [-0.05, 0) is 18.1 Å². The molecule has 2 aromatic rings. The number of benzene rings is 1. The normalized spacial score (nSPS) is 14.1. The van der Waals surface area contributed by atoms with Crippen LogP contribution in [0.5, 0.6) is 0 Å². The third kappa shape index (κ3) is 3.64. The minimum atomic E-state index is 0. The van der Waals surface area contributed by atoms with Gasteiger partial charge in [0.2, 0.25) is 0 Å². The fourth-order valence-electron chi connectivity index (χ4n) is 2.04. The monoisotopic (exact) mass is 352 g/mol. The standard InChI is InChI=1S/C14H16N4S.BrH/c1-2-5-13(18-9-8-15-11-18)12(4-1)10-19-14-16-6-3-7-17-14;/h1-2,4-5,8-9,11H,3,6-7,10H2,(H,16,17);1H. The number of thioether (sulfide) groups is 1. The fourth-order valence-corrected chi connectivity index (χ4v) is 2.96. The zero-order chi connectivity index (χ0) is 12.9. The molecule has 0 bridgehead atoms. The van der Waals surface area contributed by atoms with E-state index in [9.17, 15) is 0 Å². The van der Waals surface area contributed by atoms with Crippen LogP contribution in [-0.4, -0.2) is 27.8 Å². The number of nitrogens with zero attached hydrogens (tertiary/aromatic N) is 3. The van der Waals surface area contributed by atoms with Gasteiger partial charge in [-0.1, -0.05) is 30.0 Å². The Morgan fingerprint density at radius 3 is 2.95 bits per heavy atom. The summed E-state index contributed by atoms with van der Waals surface area (Å²) in [7, 11) is 0. The molecule has 1 aromatic carbocycles. The lowest BCUT2D eigenvalue weighted by atomic mass is 10.2. The van der Waals surface area contributed by atoms with Gasteiger partial charge in [-0.3, -0.25) is 4.99 Å². The molecule has 4 nitrogen and oxygen atoms in total. The summed E-state index contributed by atoms with van der Waals surface area (Å²) in [6, 6.07) is 8.41. The van der Waals surface area contributed by atoms with Crippen molar-refractivity contribution >= 4 is 33.9 Å². The van der Waals surface area contributed by atoms with E-state index in [4.69, 9.17) is 0 Å². The molecule has 3 rings (SSSR count). The van der Waals surface area contributed by atoms with Crippen LogP contribution in [-0.2, 0) is 5.75 Å². The van der Waals surface area contributed by atoms with E-state index < -0.39 is 0 Å². The molecule has 0 saturated carbocycles. The predicted molar refractivity (Wildman–Crippen MR) is 90.1 cm³/mol. The molecule has 0 amide bonds. The average molecular weight is 353 g/mol. The zero-order valence-corrected chi connectivity index (χ0v) is 13.6. The molecular formula is C14H17BrN4S. The van der Waals surface area contributed by atoms with Gasteiger partial charge in [0.05, 0.1) is 12.0 Å². The van der Waals surface area contributed by atoms with E-state index in [1.54, 1.807) is 18.0 Å². The van der Waals surface area contributed by atoms with E-state index in [1.807, 2.05) is 17.1 Å². The molecule has 1 aliphatic heterocycles. The van der Waals surface area contributed by atoms with Crippen molar-refractivity contribution in [2.24, 2.45) is 4.99 Å². The molecule has 0 aliphatic carbocycles. The molecule has 0 fully saturated rings. The van der Waals surface area contributed by atoms with Crippen LogP contribution in [0.1, 0.15) is 12.0 Å². The van der Waals surface area contributed by atoms with Crippen LogP contribution in [0.25, 0.3) is 5.69 Å². The molecule has 0 spiro atoms. The van der Waals surface area contributed by atoms with E-state index >= 15 is 0 Å². The van der Waals surface area contributed by atoms with Gasteiger partial charge in [0, 0.05) is 31.2 Å². The van der Waals surface area contributed by atoms with E-state index in [1.165, 1.54) is 11.3 Å². The van der Waals surface area contributed by atoms with Gasteiger partial charge in [-0.25, -0.2) is 4.98 Å². The maximum absolute atomic E-state index is 4.49. The third-order valence-corrected chi connectivity index (χ3v) is 4.01. The highest BCUT2D eigenvalue weighted by atomic mass is 79.9. The van der Waals surface area contributed by atoms with Crippen molar-refractivity contribution in [3.05, 3.63) is 48.5 Å². The lowest BCUT2D eigenvalue weighted by Gasteiger charge is -2.15. The summed E-state index contributed by atoms with van der Waals surface area (Å²) in [6.07, 6.45) is 6.74. The second-order valence-electron chi connectivity index (χ2n) is 4.35. The Morgan fingerprint density at radius 2 is 2.20 bits per heavy atom. The highest BCUT2D eigenvalue weighted by Crippen LogP contribution is 2.20. The summed E-state index contributed by atoms with van der Waals surface area (Å²) in [5, 5.41) is 4.40. The first-order valence-electron chi connectivity index (χ1n) is 6.41. The predicted octanol–water partition coefficient (Wildman–Crippen LogP) is 3.03. The molecule has 0 atom stereocenters. The second kappa shape index (κ2) is 7.50. The van der Waals surface area contributed by atoms with Crippen LogP contribution in [0, 0.1) is 0 Å². The third-order valence-electron chi connectivity index (χ3n) is 3.01. The van der Waals surface area contributed by atoms with Gasteiger partial charge in [-0.2, -0.15) is 0 Å². The number of imidazole rings is 1. The summed E-state index contributed by atoms with van der Waals surface area (Å²) in [6.45, 7) is 1.98. The first kappa shape index (κ1) is 15.1. The van der Waals surface area contributed by atoms with E-state index in [-0.39, 0.29) is 17.0 Å². The Morgan fingerprint density at radius 1 is 1.30 bits per heavy atom. The first-order valence-corrected chi connectivity index (χ1v) is 7.39. The molecule has 0 unspecified atom stereocenters. The summed E-state index contributed by atoms with van der Waals surface area (Å²) in [4.78, 5) is 8.60. The Hall–Kier alpha value is -1.27. The van der Waals surface area contributed by atoms with Crippen LogP contribution in [0.3, 0.4) is 0 Å². The quantitative estimate of drug-likeness (QED) is 0.922. The van der Waals surface area contributed by atoms with Gasteiger partial charge < -0.3 is 9.88 Å².